The molecule has 2 aromatic carbocycles. The Morgan fingerprint density at radius 3 is 2.38 bits per heavy atom. The third-order valence-corrected chi connectivity index (χ3v) is 4.69. The summed E-state index contributed by atoms with van der Waals surface area (Å²) in [6.07, 6.45) is 0. The summed E-state index contributed by atoms with van der Waals surface area (Å²) in [5.74, 6) is 3.02. The molecule has 0 aliphatic heterocycles. The van der Waals surface area contributed by atoms with Gasteiger partial charge in [-0.3, -0.25) is 0 Å². The van der Waals surface area contributed by atoms with Crippen molar-refractivity contribution in [1.82, 2.24) is 9.97 Å². The number of para-hydroxylation sites is 1. The summed E-state index contributed by atoms with van der Waals surface area (Å²) in [4.78, 5) is 9.18. The predicted octanol–water partition coefficient (Wildman–Crippen LogP) is 5.72. The number of methoxy groups -OCH3 is 2. The Labute approximate surface area is 172 Å². The van der Waals surface area contributed by atoms with E-state index >= 15 is 0 Å². The molecule has 1 aromatic heterocycles. The van der Waals surface area contributed by atoms with Crippen LogP contribution in [0.1, 0.15) is 36.6 Å². The van der Waals surface area contributed by atoms with Gasteiger partial charge in [0, 0.05) is 23.5 Å². The standard InChI is InChI=1S/C23H28N4O2/c1-14(2)18-9-7-8-15(3)22(18)26-21-12-16(4)24-23(27-21)25-19-11-10-17(28-5)13-20(19)29-6/h7-14H,1-6H3,(H2,24,25,26,27). The maximum atomic E-state index is 5.46. The summed E-state index contributed by atoms with van der Waals surface area (Å²) in [6.45, 7) is 8.43. The van der Waals surface area contributed by atoms with Crippen LogP contribution in [-0.2, 0) is 0 Å². The van der Waals surface area contributed by atoms with Crippen LogP contribution in [0.15, 0.2) is 42.5 Å². The Kier molecular flexibility index (Phi) is 6.22. The van der Waals surface area contributed by atoms with Crippen molar-refractivity contribution in [3.05, 3.63) is 59.3 Å². The minimum absolute atomic E-state index is 0.404. The molecule has 0 bridgehead atoms. The highest BCUT2D eigenvalue weighted by molar-refractivity contribution is 5.68. The fourth-order valence-electron chi connectivity index (χ4n) is 3.18. The van der Waals surface area contributed by atoms with Crippen LogP contribution in [0.3, 0.4) is 0 Å². The van der Waals surface area contributed by atoms with Crippen molar-refractivity contribution >= 4 is 23.1 Å². The predicted molar refractivity (Wildman–Crippen MR) is 118 cm³/mol. The quantitative estimate of drug-likeness (QED) is 0.536. The topological polar surface area (TPSA) is 68.3 Å². The monoisotopic (exact) mass is 392 g/mol. The van der Waals surface area contributed by atoms with E-state index in [9.17, 15) is 0 Å². The minimum atomic E-state index is 0.404. The van der Waals surface area contributed by atoms with Crippen LogP contribution in [0.2, 0.25) is 0 Å². The molecule has 0 fully saturated rings. The molecule has 3 aromatic rings. The van der Waals surface area contributed by atoms with E-state index in [0.717, 1.165) is 28.6 Å². The number of aromatic nitrogens is 2. The van der Waals surface area contributed by atoms with Crippen LogP contribution in [0, 0.1) is 13.8 Å². The molecule has 0 amide bonds. The van der Waals surface area contributed by atoms with Gasteiger partial charge in [0.05, 0.1) is 19.9 Å². The smallest absolute Gasteiger partial charge is 0.229 e. The first-order valence-corrected chi connectivity index (χ1v) is 9.62. The molecule has 6 heteroatoms. The molecule has 0 spiro atoms. The fraction of sp³-hybridized carbons (Fsp3) is 0.304. The van der Waals surface area contributed by atoms with Gasteiger partial charge in [-0.15, -0.1) is 0 Å². The number of hydrogen-bond donors (Lipinski definition) is 2. The zero-order chi connectivity index (χ0) is 21.0. The number of rotatable bonds is 7. The van der Waals surface area contributed by atoms with Crippen molar-refractivity contribution in [2.45, 2.75) is 33.6 Å². The highest BCUT2D eigenvalue weighted by Gasteiger charge is 2.12. The minimum Gasteiger partial charge on any atom is -0.497 e. The molecule has 0 atom stereocenters. The molecule has 0 unspecified atom stereocenters. The third-order valence-electron chi connectivity index (χ3n) is 4.69. The lowest BCUT2D eigenvalue weighted by atomic mass is 9.98. The number of hydrogen-bond acceptors (Lipinski definition) is 6. The van der Waals surface area contributed by atoms with Gasteiger partial charge in [0.1, 0.15) is 17.3 Å². The van der Waals surface area contributed by atoms with Gasteiger partial charge >= 0.3 is 0 Å². The lowest BCUT2D eigenvalue weighted by Gasteiger charge is -2.18. The van der Waals surface area contributed by atoms with Crippen molar-refractivity contribution in [1.29, 1.82) is 0 Å². The molecule has 2 N–H and O–H groups in total. The Bertz CT molecular complexity index is 1000. The van der Waals surface area contributed by atoms with Crippen molar-refractivity contribution in [2.24, 2.45) is 0 Å². The molecule has 29 heavy (non-hydrogen) atoms. The van der Waals surface area contributed by atoms with Gasteiger partial charge in [-0.1, -0.05) is 32.0 Å². The second-order valence-electron chi connectivity index (χ2n) is 7.23. The molecule has 0 aliphatic carbocycles. The number of aryl methyl sites for hydroxylation is 2. The van der Waals surface area contributed by atoms with Gasteiger partial charge in [0.2, 0.25) is 5.95 Å². The summed E-state index contributed by atoms with van der Waals surface area (Å²) in [7, 11) is 3.25. The zero-order valence-electron chi connectivity index (χ0n) is 17.8. The number of benzene rings is 2. The van der Waals surface area contributed by atoms with E-state index in [1.807, 2.05) is 31.2 Å². The molecule has 1 heterocycles. The Balaban J connectivity index is 1.92. The first-order chi connectivity index (χ1) is 13.9. The molecule has 6 nitrogen and oxygen atoms in total. The molecule has 152 valence electrons. The Morgan fingerprint density at radius 1 is 0.897 bits per heavy atom. The van der Waals surface area contributed by atoms with Crippen LogP contribution >= 0.6 is 0 Å². The third kappa shape index (κ3) is 4.77. The highest BCUT2D eigenvalue weighted by atomic mass is 16.5. The summed E-state index contributed by atoms with van der Waals surface area (Å²) in [5, 5.41) is 6.74. The van der Waals surface area contributed by atoms with Crippen LogP contribution in [-0.4, -0.2) is 24.2 Å². The van der Waals surface area contributed by atoms with E-state index in [-0.39, 0.29) is 0 Å². The van der Waals surface area contributed by atoms with E-state index in [0.29, 0.717) is 17.6 Å². The van der Waals surface area contributed by atoms with Crippen molar-refractivity contribution in [3.8, 4) is 11.5 Å². The molecule has 3 rings (SSSR count). The second kappa shape index (κ2) is 8.82. The molecule has 0 radical (unpaired) electrons. The van der Waals surface area contributed by atoms with Crippen LogP contribution in [0.25, 0.3) is 0 Å². The number of ether oxygens (including phenoxy) is 2. The van der Waals surface area contributed by atoms with Crippen LogP contribution in [0.4, 0.5) is 23.1 Å². The van der Waals surface area contributed by atoms with E-state index in [1.165, 1.54) is 11.1 Å². The van der Waals surface area contributed by atoms with Crippen molar-refractivity contribution in [3.63, 3.8) is 0 Å². The first-order valence-electron chi connectivity index (χ1n) is 9.62. The summed E-state index contributed by atoms with van der Waals surface area (Å²) in [5.41, 5.74) is 5.15. The lowest BCUT2D eigenvalue weighted by Crippen LogP contribution is -2.06. The number of nitrogens with one attached hydrogen (secondary N) is 2. The summed E-state index contributed by atoms with van der Waals surface area (Å²) < 4.78 is 10.7. The molecular weight excluding hydrogens is 364 g/mol. The van der Waals surface area contributed by atoms with Gasteiger partial charge in [0.25, 0.3) is 0 Å². The molecule has 0 aliphatic rings. The zero-order valence-corrected chi connectivity index (χ0v) is 17.8. The Morgan fingerprint density at radius 2 is 1.69 bits per heavy atom. The largest absolute Gasteiger partial charge is 0.497 e. The number of anilines is 4. The van der Waals surface area contributed by atoms with E-state index in [4.69, 9.17) is 9.47 Å². The van der Waals surface area contributed by atoms with E-state index < -0.39 is 0 Å². The summed E-state index contributed by atoms with van der Waals surface area (Å²) in [6, 6.07) is 13.8. The van der Waals surface area contributed by atoms with Gasteiger partial charge in [-0.05, 0) is 43.0 Å². The summed E-state index contributed by atoms with van der Waals surface area (Å²) >= 11 is 0. The van der Waals surface area contributed by atoms with Crippen molar-refractivity contribution in [2.75, 3.05) is 24.9 Å². The lowest BCUT2D eigenvalue weighted by molar-refractivity contribution is 0.395. The highest BCUT2D eigenvalue weighted by Crippen LogP contribution is 2.32. The van der Waals surface area contributed by atoms with Gasteiger partial charge in [-0.25, -0.2) is 4.98 Å². The second-order valence-corrected chi connectivity index (χ2v) is 7.23. The van der Waals surface area contributed by atoms with E-state index in [2.05, 4.69) is 59.6 Å². The fourth-order valence-corrected chi connectivity index (χ4v) is 3.18. The maximum Gasteiger partial charge on any atom is 0.229 e. The average Bonchev–Trinajstić information content (AvgIpc) is 2.69. The van der Waals surface area contributed by atoms with Gasteiger partial charge < -0.3 is 20.1 Å². The van der Waals surface area contributed by atoms with Gasteiger partial charge in [-0.2, -0.15) is 4.98 Å². The van der Waals surface area contributed by atoms with Crippen LogP contribution in [0.5, 0.6) is 11.5 Å². The van der Waals surface area contributed by atoms with E-state index in [1.54, 1.807) is 14.2 Å². The maximum absolute atomic E-state index is 5.46. The molecule has 0 saturated heterocycles. The molecular formula is C23H28N4O2. The number of nitrogens with zero attached hydrogens (tertiary/aromatic N) is 2. The van der Waals surface area contributed by atoms with Crippen LogP contribution < -0.4 is 20.1 Å². The Hall–Kier alpha value is -3.28. The first kappa shape index (κ1) is 20.5. The SMILES string of the molecule is COc1ccc(Nc2nc(C)cc(Nc3c(C)cccc3C(C)C)n2)c(OC)c1. The normalized spacial score (nSPS) is 10.7. The van der Waals surface area contributed by atoms with Gasteiger partial charge in [0.15, 0.2) is 0 Å². The van der Waals surface area contributed by atoms with Crippen molar-refractivity contribution < 1.29 is 9.47 Å². The average molecular weight is 393 g/mol. The molecule has 0 saturated carbocycles.